The lowest BCUT2D eigenvalue weighted by atomic mass is 10.2. The quantitative estimate of drug-likeness (QED) is 0.579. The molecule has 0 aliphatic rings. The average molecular weight is 206 g/mol. The van der Waals surface area contributed by atoms with Gasteiger partial charge in [-0.15, -0.1) is 0 Å². The van der Waals surface area contributed by atoms with Crippen LogP contribution in [-0.2, 0) is 4.79 Å². The largest absolute Gasteiger partial charge is 0.322 e. The lowest BCUT2D eigenvalue weighted by Crippen LogP contribution is -2.14. The summed E-state index contributed by atoms with van der Waals surface area (Å²) in [4.78, 5) is 11.4. The van der Waals surface area contributed by atoms with Crippen LogP contribution in [0.15, 0.2) is 35.9 Å². The van der Waals surface area contributed by atoms with Gasteiger partial charge in [0.2, 0.25) is 0 Å². The predicted molar refractivity (Wildman–Crippen MR) is 57.6 cm³/mol. The Morgan fingerprint density at radius 1 is 1.40 bits per heavy atom. The van der Waals surface area contributed by atoms with Crippen LogP contribution >= 0.6 is 0 Å². The number of hydrogen-bond donors (Lipinski definition) is 2. The topological polar surface area (TPSA) is 53.0 Å². The van der Waals surface area contributed by atoms with Crippen molar-refractivity contribution < 1.29 is 9.18 Å². The molecule has 1 rings (SSSR count). The maximum atomic E-state index is 12.6. The Morgan fingerprint density at radius 2 is 2.00 bits per heavy atom. The molecule has 1 aromatic rings. The fraction of sp³-hybridized carbons (Fsp3) is 0.0909. The van der Waals surface area contributed by atoms with Gasteiger partial charge in [-0.05, 0) is 31.2 Å². The third kappa shape index (κ3) is 3.02. The molecule has 0 heterocycles. The molecule has 3 nitrogen and oxygen atoms in total. The molecule has 0 spiro atoms. The zero-order chi connectivity index (χ0) is 11.3. The standard InChI is InChI=1S/C11H11FN2O/c1-2-8(7-13)11(15)14-10-5-3-9(12)4-6-10/h2-7,13H,1H3,(H,14,15)/b8-2+,13-7?. The van der Waals surface area contributed by atoms with Crippen LogP contribution in [0.2, 0.25) is 0 Å². The SMILES string of the molecule is C/C=C(\C=N)C(=O)Nc1ccc(F)cc1. The van der Waals surface area contributed by atoms with Gasteiger partial charge in [0.15, 0.2) is 0 Å². The molecule has 0 fully saturated rings. The molecule has 1 aromatic carbocycles. The van der Waals surface area contributed by atoms with Crippen molar-refractivity contribution in [3.05, 3.63) is 41.7 Å². The molecule has 0 aliphatic carbocycles. The number of anilines is 1. The second kappa shape index (κ2) is 5.05. The van der Waals surface area contributed by atoms with Gasteiger partial charge in [0, 0.05) is 11.9 Å². The molecule has 0 bridgehead atoms. The van der Waals surface area contributed by atoms with Crippen molar-refractivity contribution in [3.63, 3.8) is 0 Å². The fourth-order valence-electron chi connectivity index (χ4n) is 1.02. The van der Waals surface area contributed by atoms with Crippen molar-refractivity contribution in [1.82, 2.24) is 0 Å². The summed E-state index contributed by atoms with van der Waals surface area (Å²) in [5.41, 5.74) is 0.766. The van der Waals surface area contributed by atoms with Crippen molar-refractivity contribution in [2.45, 2.75) is 6.92 Å². The van der Waals surface area contributed by atoms with Crippen LogP contribution in [0.4, 0.5) is 10.1 Å². The zero-order valence-corrected chi connectivity index (χ0v) is 8.25. The first-order chi connectivity index (χ1) is 7.17. The van der Waals surface area contributed by atoms with E-state index < -0.39 is 0 Å². The van der Waals surface area contributed by atoms with Crippen LogP contribution in [0.3, 0.4) is 0 Å². The van der Waals surface area contributed by atoms with Gasteiger partial charge in [-0.1, -0.05) is 6.08 Å². The molecule has 0 aliphatic heterocycles. The van der Waals surface area contributed by atoms with Crippen molar-refractivity contribution in [3.8, 4) is 0 Å². The van der Waals surface area contributed by atoms with Crippen molar-refractivity contribution >= 4 is 17.8 Å². The first kappa shape index (κ1) is 11.1. The Bertz CT molecular complexity index is 396. The van der Waals surface area contributed by atoms with E-state index >= 15 is 0 Å². The van der Waals surface area contributed by atoms with Crippen molar-refractivity contribution in [2.24, 2.45) is 0 Å². The number of allylic oxidation sites excluding steroid dienone is 1. The third-order valence-corrected chi connectivity index (χ3v) is 1.83. The highest BCUT2D eigenvalue weighted by molar-refractivity contribution is 6.16. The van der Waals surface area contributed by atoms with Gasteiger partial charge in [0.1, 0.15) is 5.82 Å². The number of hydrogen-bond acceptors (Lipinski definition) is 2. The molecule has 1 amide bonds. The number of rotatable bonds is 3. The molecule has 78 valence electrons. The first-order valence-corrected chi connectivity index (χ1v) is 4.41. The van der Waals surface area contributed by atoms with E-state index in [9.17, 15) is 9.18 Å². The number of halogens is 1. The normalized spacial score (nSPS) is 10.9. The molecule has 4 heteroatoms. The van der Waals surface area contributed by atoms with E-state index in [1.807, 2.05) is 0 Å². The Balaban J connectivity index is 2.74. The number of amides is 1. The summed E-state index contributed by atoms with van der Waals surface area (Å²) in [6, 6.07) is 5.44. The van der Waals surface area contributed by atoms with Gasteiger partial charge >= 0.3 is 0 Å². The van der Waals surface area contributed by atoms with Crippen LogP contribution in [0.1, 0.15) is 6.92 Å². The Kier molecular flexibility index (Phi) is 3.74. The van der Waals surface area contributed by atoms with Gasteiger partial charge < -0.3 is 10.7 Å². The number of carbonyl (C=O) groups is 1. The second-order valence-corrected chi connectivity index (χ2v) is 2.85. The Morgan fingerprint density at radius 3 is 2.47 bits per heavy atom. The van der Waals surface area contributed by atoms with Crippen molar-refractivity contribution in [1.29, 1.82) is 5.41 Å². The van der Waals surface area contributed by atoms with Crippen LogP contribution in [-0.4, -0.2) is 12.1 Å². The summed E-state index contributed by atoms with van der Waals surface area (Å²) in [5, 5.41) is 9.52. The maximum Gasteiger partial charge on any atom is 0.256 e. The number of benzene rings is 1. The lowest BCUT2D eigenvalue weighted by molar-refractivity contribution is -0.112. The van der Waals surface area contributed by atoms with Crippen LogP contribution in [0.25, 0.3) is 0 Å². The summed E-state index contributed by atoms with van der Waals surface area (Å²) in [6.45, 7) is 1.67. The van der Waals surface area contributed by atoms with E-state index in [4.69, 9.17) is 5.41 Å². The van der Waals surface area contributed by atoms with Crippen LogP contribution < -0.4 is 5.32 Å². The van der Waals surface area contributed by atoms with Crippen LogP contribution in [0, 0.1) is 11.2 Å². The summed E-state index contributed by atoms with van der Waals surface area (Å²) >= 11 is 0. The number of nitrogens with one attached hydrogen (secondary N) is 2. The molecule has 0 unspecified atom stereocenters. The monoisotopic (exact) mass is 206 g/mol. The summed E-state index contributed by atoms with van der Waals surface area (Å²) in [7, 11) is 0. The minimum Gasteiger partial charge on any atom is -0.322 e. The van der Waals surface area contributed by atoms with Gasteiger partial charge in [-0.3, -0.25) is 4.79 Å². The second-order valence-electron chi connectivity index (χ2n) is 2.85. The van der Waals surface area contributed by atoms with Crippen LogP contribution in [0.5, 0.6) is 0 Å². The molecule has 15 heavy (non-hydrogen) atoms. The average Bonchev–Trinajstić information content (AvgIpc) is 2.23. The molecule has 2 N–H and O–H groups in total. The Hall–Kier alpha value is -1.97. The lowest BCUT2D eigenvalue weighted by Gasteiger charge is -2.04. The maximum absolute atomic E-state index is 12.6. The van der Waals surface area contributed by atoms with Crippen molar-refractivity contribution in [2.75, 3.05) is 5.32 Å². The van der Waals surface area contributed by atoms with Gasteiger partial charge in [0.25, 0.3) is 5.91 Å². The summed E-state index contributed by atoms with van der Waals surface area (Å²) < 4.78 is 12.6. The molecule has 0 aromatic heterocycles. The molecule has 0 saturated carbocycles. The molecule has 0 atom stereocenters. The van der Waals surface area contributed by atoms with E-state index in [0.717, 1.165) is 6.21 Å². The summed E-state index contributed by atoms with van der Waals surface area (Å²) in [6.07, 6.45) is 2.50. The van der Waals surface area contributed by atoms with E-state index in [0.29, 0.717) is 5.69 Å². The highest BCUT2D eigenvalue weighted by Crippen LogP contribution is 2.09. The highest BCUT2D eigenvalue weighted by Gasteiger charge is 2.05. The van der Waals surface area contributed by atoms with Gasteiger partial charge in [0.05, 0.1) is 5.57 Å². The minimum absolute atomic E-state index is 0.263. The van der Waals surface area contributed by atoms with E-state index in [1.165, 1.54) is 30.3 Å². The van der Waals surface area contributed by atoms with Gasteiger partial charge in [-0.25, -0.2) is 4.39 Å². The first-order valence-electron chi connectivity index (χ1n) is 4.41. The summed E-state index contributed by atoms with van der Waals surface area (Å²) in [5.74, 6) is -0.731. The number of carbonyl (C=O) groups excluding carboxylic acids is 1. The zero-order valence-electron chi connectivity index (χ0n) is 8.25. The van der Waals surface area contributed by atoms with Gasteiger partial charge in [-0.2, -0.15) is 0 Å². The minimum atomic E-state index is -0.376. The molecular formula is C11H11FN2O. The molecule has 0 saturated heterocycles. The van der Waals surface area contributed by atoms with E-state index in [1.54, 1.807) is 6.92 Å². The predicted octanol–water partition coefficient (Wildman–Crippen LogP) is 2.36. The smallest absolute Gasteiger partial charge is 0.256 e. The molecule has 0 radical (unpaired) electrons. The Labute approximate surface area is 87.1 Å². The molecular weight excluding hydrogens is 195 g/mol. The van der Waals surface area contributed by atoms with E-state index in [2.05, 4.69) is 5.32 Å². The van der Waals surface area contributed by atoms with E-state index in [-0.39, 0.29) is 17.3 Å². The highest BCUT2D eigenvalue weighted by atomic mass is 19.1. The fourth-order valence-corrected chi connectivity index (χ4v) is 1.02. The third-order valence-electron chi connectivity index (χ3n) is 1.83.